The molecule has 3 amide bonds. The van der Waals surface area contributed by atoms with Gasteiger partial charge in [0.1, 0.15) is 0 Å². The SMILES string of the molecule is C[C@H]1CN(c2ccncc2NC(=O)c2nc3cc(N4CCCCC4=O)ccc3cc2OC(N)=O)C[C@@H](N)[C@@H]1O. The topological polar surface area (TPSA) is 177 Å². The number of nitrogens with zero attached hydrogens (tertiary/aromatic N) is 4. The van der Waals surface area contributed by atoms with Crippen molar-refractivity contribution in [2.24, 2.45) is 17.4 Å². The van der Waals surface area contributed by atoms with Crippen LogP contribution in [-0.2, 0) is 4.79 Å². The van der Waals surface area contributed by atoms with E-state index in [0.717, 1.165) is 12.8 Å². The predicted octanol–water partition coefficient (Wildman–Crippen LogP) is 2.00. The van der Waals surface area contributed by atoms with Crippen LogP contribution in [0.2, 0.25) is 0 Å². The fourth-order valence-corrected chi connectivity index (χ4v) is 5.18. The number of aliphatic hydroxyl groups excluding tert-OH is 1. The average Bonchev–Trinajstić information content (AvgIpc) is 2.91. The number of anilines is 3. The Morgan fingerprint density at radius 3 is 2.74 bits per heavy atom. The highest BCUT2D eigenvalue weighted by Gasteiger charge is 2.32. The summed E-state index contributed by atoms with van der Waals surface area (Å²) in [5.74, 6) is -0.785. The van der Waals surface area contributed by atoms with E-state index < -0.39 is 24.1 Å². The number of carbonyl (C=O) groups is 3. The Morgan fingerprint density at radius 2 is 2.00 bits per heavy atom. The third-order valence-electron chi connectivity index (χ3n) is 7.18. The first-order valence-corrected chi connectivity index (χ1v) is 12.9. The molecule has 2 aromatic heterocycles. The van der Waals surface area contributed by atoms with Crippen molar-refractivity contribution < 1.29 is 24.2 Å². The molecule has 39 heavy (non-hydrogen) atoms. The molecule has 2 aliphatic rings. The van der Waals surface area contributed by atoms with Crippen LogP contribution in [0.15, 0.2) is 42.7 Å². The lowest BCUT2D eigenvalue weighted by molar-refractivity contribution is -0.119. The Labute approximate surface area is 224 Å². The standard InChI is InChI=1S/C27H31N7O5/c1-15-13-33(14-18(28)25(15)36)21-7-8-30-12-20(21)32-26(37)24-22(39-27(29)38)10-16-5-6-17(11-19(16)31-24)34-9-3-2-4-23(34)35/h5-8,10-12,15,18,25,36H,2-4,9,13-14,28H2,1H3,(H2,29,38)(H,32,37)/t15-,18+,25+/m0/s1. The molecule has 0 aliphatic carbocycles. The summed E-state index contributed by atoms with van der Waals surface area (Å²) < 4.78 is 5.14. The Bertz CT molecular complexity index is 1420. The van der Waals surface area contributed by atoms with E-state index in [1.54, 1.807) is 35.4 Å². The minimum atomic E-state index is -1.09. The number of rotatable bonds is 5. The summed E-state index contributed by atoms with van der Waals surface area (Å²) in [7, 11) is 0. The molecule has 2 saturated heterocycles. The summed E-state index contributed by atoms with van der Waals surface area (Å²) in [5, 5.41) is 13.7. The second-order valence-corrected chi connectivity index (χ2v) is 10.0. The van der Waals surface area contributed by atoms with Crippen molar-refractivity contribution in [3.63, 3.8) is 0 Å². The van der Waals surface area contributed by atoms with Crippen molar-refractivity contribution >= 4 is 45.9 Å². The van der Waals surface area contributed by atoms with Gasteiger partial charge in [0.15, 0.2) is 11.4 Å². The third-order valence-corrected chi connectivity index (χ3v) is 7.18. The van der Waals surface area contributed by atoms with Crippen LogP contribution in [0, 0.1) is 5.92 Å². The highest BCUT2D eigenvalue weighted by molar-refractivity contribution is 6.08. The van der Waals surface area contributed by atoms with Gasteiger partial charge < -0.3 is 36.4 Å². The van der Waals surface area contributed by atoms with Gasteiger partial charge in [-0.2, -0.15) is 0 Å². The molecule has 12 nitrogen and oxygen atoms in total. The maximum atomic E-state index is 13.5. The van der Waals surface area contributed by atoms with E-state index in [4.69, 9.17) is 16.2 Å². The van der Waals surface area contributed by atoms with Crippen LogP contribution in [0.1, 0.15) is 36.7 Å². The first-order valence-electron chi connectivity index (χ1n) is 12.9. The lowest BCUT2D eigenvalue weighted by Gasteiger charge is -2.40. The fraction of sp³-hybridized carbons (Fsp3) is 0.370. The van der Waals surface area contributed by atoms with Gasteiger partial charge in [-0.25, -0.2) is 9.78 Å². The van der Waals surface area contributed by atoms with E-state index in [1.165, 1.54) is 12.3 Å². The first kappa shape index (κ1) is 26.3. The van der Waals surface area contributed by atoms with Gasteiger partial charge in [0.05, 0.1) is 29.2 Å². The normalized spacial score (nSPS) is 21.6. The Morgan fingerprint density at radius 1 is 1.18 bits per heavy atom. The molecule has 3 aromatic rings. The number of pyridine rings is 2. The maximum Gasteiger partial charge on any atom is 0.410 e. The number of nitrogens with two attached hydrogens (primary N) is 2. The maximum absolute atomic E-state index is 13.5. The molecule has 12 heteroatoms. The van der Waals surface area contributed by atoms with Gasteiger partial charge in [-0.05, 0) is 37.1 Å². The summed E-state index contributed by atoms with van der Waals surface area (Å²) in [5.41, 5.74) is 13.5. The molecular formula is C27H31N7O5. The van der Waals surface area contributed by atoms with Gasteiger partial charge in [-0.3, -0.25) is 14.6 Å². The molecule has 1 aromatic carbocycles. The van der Waals surface area contributed by atoms with E-state index in [-0.39, 0.29) is 23.3 Å². The van der Waals surface area contributed by atoms with Gasteiger partial charge in [-0.15, -0.1) is 0 Å². The lowest BCUT2D eigenvalue weighted by Crippen LogP contribution is -2.55. The number of aromatic nitrogens is 2. The Hall–Kier alpha value is -4.29. The second kappa shape index (κ2) is 10.8. The van der Waals surface area contributed by atoms with E-state index in [2.05, 4.69) is 15.3 Å². The average molecular weight is 534 g/mol. The van der Waals surface area contributed by atoms with E-state index in [9.17, 15) is 19.5 Å². The molecule has 5 rings (SSSR count). The predicted molar refractivity (Wildman–Crippen MR) is 146 cm³/mol. The first-order chi connectivity index (χ1) is 18.7. The summed E-state index contributed by atoms with van der Waals surface area (Å²) in [4.78, 5) is 50.0. The van der Waals surface area contributed by atoms with Crippen LogP contribution in [0.3, 0.4) is 0 Å². The minimum Gasteiger partial charge on any atom is -0.408 e. The summed E-state index contributed by atoms with van der Waals surface area (Å²) >= 11 is 0. The molecule has 0 radical (unpaired) electrons. The summed E-state index contributed by atoms with van der Waals surface area (Å²) in [6, 6.07) is 8.10. The third kappa shape index (κ3) is 5.47. The van der Waals surface area contributed by atoms with Crippen LogP contribution in [-0.4, -0.2) is 64.8 Å². The zero-order chi connectivity index (χ0) is 27.7. The number of benzene rings is 1. The van der Waals surface area contributed by atoms with Crippen LogP contribution in [0.4, 0.5) is 21.9 Å². The second-order valence-electron chi connectivity index (χ2n) is 10.0. The highest BCUT2D eigenvalue weighted by atomic mass is 16.5. The molecule has 2 aliphatic heterocycles. The number of aliphatic hydroxyl groups is 1. The number of ether oxygens (including phenoxy) is 1. The quantitative estimate of drug-likeness (QED) is 0.382. The Kier molecular flexibility index (Phi) is 7.31. The van der Waals surface area contributed by atoms with Crippen molar-refractivity contribution in [3.8, 4) is 5.75 Å². The fourth-order valence-electron chi connectivity index (χ4n) is 5.18. The molecule has 3 atom stereocenters. The number of hydrogen-bond acceptors (Lipinski definition) is 9. The number of nitrogens with one attached hydrogen (secondary N) is 1. The minimum absolute atomic E-state index is 0.0376. The monoisotopic (exact) mass is 533 g/mol. The Balaban J connectivity index is 1.49. The van der Waals surface area contributed by atoms with Gasteiger partial charge in [-0.1, -0.05) is 13.0 Å². The van der Waals surface area contributed by atoms with Crippen molar-refractivity contribution in [1.29, 1.82) is 0 Å². The molecule has 0 saturated carbocycles. The van der Waals surface area contributed by atoms with Gasteiger partial charge >= 0.3 is 6.09 Å². The van der Waals surface area contributed by atoms with E-state index >= 15 is 0 Å². The van der Waals surface area contributed by atoms with Crippen LogP contribution < -0.4 is 31.3 Å². The number of fused-ring (bicyclic) bond motifs is 1. The van der Waals surface area contributed by atoms with Crippen molar-refractivity contribution in [2.75, 3.05) is 34.8 Å². The highest BCUT2D eigenvalue weighted by Crippen LogP contribution is 2.32. The van der Waals surface area contributed by atoms with Crippen LogP contribution >= 0.6 is 0 Å². The lowest BCUT2D eigenvalue weighted by atomic mass is 9.92. The van der Waals surface area contributed by atoms with Crippen molar-refractivity contribution in [1.82, 2.24) is 9.97 Å². The van der Waals surface area contributed by atoms with E-state index in [0.29, 0.717) is 54.0 Å². The largest absolute Gasteiger partial charge is 0.410 e. The summed E-state index contributed by atoms with van der Waals surface area (Å²) in [6.45, 7) is 3.44. The molecule has 0 bridgehead atoms. The molecular weight excluding hydrogens is 502 g/mol. The van der Waals surface area contributed by atoms with Gasteiger partial charge in [0.2, 0.25) is 5.91 Å². The smallest absolute Gasteiger partial charge is 0.408 e. The van der Waals surface area contributed by atoms with Crippen molar-refractivity contribution in [2.45, 2.75) is 38.3 Å². The van der Waals surface area contributed by atoms with Crippen molar-refractivity contribution in [3.05, 3.63) is 48.4 Å². The molecule has 4 heterocycles. The zero-order valence-electron chi connectivity index (χ0n) is 21.5. The molecule has 0 spiro atoms. The van der Waals surface area contributed by atoms with Gasteiger partial charge in [0, 0.05) is 55.3 Å². The molecule has 6 N–H and O–H groups in total. The number of primary amides is 1. The molecule has 0 unspecified atom stereocenters. The number of hydrogen-bond donors (Lipinski definition) is 4. The number of carbonyl (C=O) groups excluding carboxylic acids is 3. The van der Waals surface area contributed by atoms with Crippen LogP contribution in [0.25, 0.3) is 10.9 Å². The molecule has 204 valence electrons. The molecule has 2 fully saturated rings. The zero-order valence-corrected chi connectivity index (χ0v) is 21.5. The van der Waals surface area contributed by atoms with Gasteiger partial charge in [0.25, 0.3) is 5.91 Å². The van der Waals surface area contributed by atoms with E-state index in [1.807, 2.05) is 11.8 Å². The number of piperidine rings is 2. The number of amides is 3. The van der Waals surface area contributed by atoms with Crippen LogP contribution in [0.5, 0.6) is 5.75 Å². The summed E-state index contributed by atoms with van der Waals surface area (Å²) in [6.07, 6.45) is 3.65.